The number of nitrogens with zero attached hydrogens (tertiary/aromatic N) is 4. The van der Waals surface area contributed by atoms with Crippen LogP contribution >= 0.6 is 15.9 Å². The summed E-state index contributed by atoms with van der Waals surface area (Å²) in [5.74, 6) is 1.59. The van der Waals surface area contributed by atoms with Gasteiger partial charge in [0.25, 0.3) is 0 Å². The highest BCUT2D eigenvalue weighted by atomic mass is 79.9. The summed E-state index contributed by atoms with van der Waals surface area (Å²) in [6.45, 7) is 7.93. The monoisotopic (exact) mass is 431 g/mol. The number of benzene rings is 1. The molecule has 142 valence electrons. The van der Waals surface area contributed by atoms with E-state index in [2.05, 4.69) is 36.5 Å². The minimum Gasteiger partial charge on any atom is -0.339 e. The molecule has 0 fully saturated rings. The largest absolute Gasteiger partial charge is 0.339 e. The molecule has 0 atom stereocenters. The van der Waals surface area contributed by atoms with Crippen molar-refractivity contribution in [1.82, 2.24) is 19.9 Å². The summed E-state index contributed by atoms with van der Waals surface area (Å²) in [5, 5.41) is 11.4. The van der Waals surface area contributed by atoms with Crippen LogP contribution in [0, 0.1) is 6.92 Å². The van der Waals surface area contributed by atoms with Crippen LogP contribution in [0.3, 0.4) is 0 Å². The second kappa shape index (κ2) is 7.64. The summed E-state index contributed by atoms with van der Waals surface area (Å²) in [5.41, 5.74) is 1.49. The van der Waals surface area contributed by atoms with Crippen LogP contribution in [-0.4, -0.2) is 25.8 Å². The molecule has 0 saturated heterocycles. The van der Waals surface area contributed by atoms with Crippen molar-refractivity contribution in [2.45, 2.75) is 46.0 Å². The smallest absolute Gasteiger partial charge is 0.227 e. The van der Waals surface area contributed by atoms with Gasteiger partial charge in [0, 0.05) is 28.8 Å². The van der Waals surface area contributed by atoms with Gasteiger partial charge in [0.15, 0.2) is 5.82 Å². The second-order valence-corrected chi connectivity index (χ2v) is 8.29. The number of aryl methyl sites for hydroxylation is 2. The summed E-state index contributed by atoms with van der Waals surface area (Å²) < 4.78 is 7.89. The Morgan fingerprint density at radius 1 is 1.30 bits per heavy atom. The van der Waals surface area contributed by atoms with Crippen LogP contribution in [0.2, 0.25) is 0 Å². The van der Waals surface area contributed by atoms with Gasteiger partial charge in [0.05, 0.1) is 11.4 Å². The number of hydrogen-bond donors (Lipinski definition) is 1. The average Bonchev–Trinajstić information content (AvgIpc) is 3.19. The van der Waals surface area contributed by atoms with Gasteiger partial charge < -0.3 is 9.84 Å². The Labute approximate surface area is 166 Å². The normalized spacial score (nSPS) is 11.6. The van der Waals surface area contributed by atoms with E-state index < -0.39 is 0 Å². The topological polar surface area (TPSA) is 85.8 Å². The van der Waals surface area contributed by atoms with Crippen molar-refractivity contribution in [3.63, 3.8) is 0 Å². The van der Waals surface area contributed by atoms with Gasteiger partial charge in [-0.15, -0.1) is 0 Å². The van der Waals surface area contributed by atoms with E-state index in [0.29, 0.717) is 24.0 Å². The summed E-state index contributed by atoms with van der Waals surface area (Å²) in [6.07, 6.45) is 0.632. The summed E-state index contributed by atoms with van der Waals surface area (Å²) >= 11 is 3.46. The van der Waals surface area contributed by atoms with Gasteiger partial charge in [-0.3, -0.25) is 4.79 Å². The number of rotatable bonds is 5. The van der Waals surface area contributed by atoms with Crippen molar-refractivity contribution in [2.75, 3.05) is 5.32 Å². The van der Waals surface area contributed by atoms with Crippen molar-refractivity contribution in [3.05, 3.63) is 52.2 Å². The highest BCUT2D eigenvalue weighted by Gasteiger charge is 2.21. The third kappa shape index (κ3) is 4.82. The van der Waals surface area contributed by atoms with E-state index in [9.17, 15) is 4.79 Å². The number of anilines is 1. The van der Waals surface area contributed by atoms with E-state index in [1.807, 2.05) is 58.0 Å². The molecule has 0 radical (unpaired) electrons. The average molecular weight is 432 g/mol. The number of nitrogens with one attached hydrogen (secondary N) is 1. The van der Waals surface area contributed by atoms with Crippen LogP contribution in [0.15, 0.2) is 39.3 Å². The van der Waals surface area contributed by atoms with Gasteiger partial charge in [0.1, 0.15) is 5.82 Å². The van der Waals surface area contributed by atoms with E-state index in [1.165, 1.54) is 0 Å². The van der Waals surface area contributed by atoms with Crippen molar-refractivity contribution in [3.8, 4) is 5.69 Å². The molecule has 8 heteroatoms. The molecule has 0 spiro atoms. The molecule has 3 rings (SSSR count). The highest BCUT2D eigenvalue weighted by molar-refractivity contribution is 9.10. The van der Waals surface area contributed by atoms with Crippen LogP contribution in [-0.2, 0) is 16.6 Å². The standard InChI is InChI=1S/C19H22BrN5O2/c1-12-10-15(25(23-12)14-7-5-6-13(20)11-14)21-16(26)8-9-17-22-18(24-27-17)19(2,3)4/h5-7,10-11H,8-9H2,1-4H3,(H,21,26). The van der Waals surface area contributed by atoms with Crippen LogP contribution in [0.4, 0.5) is 5.82 Å². The van der Waals surface area contributed by atoms with Gasteiger partial charge >= 0.3 is 0 Å². The Kier molecular flexibility index (Phi) is 5.46. The first-order valence-corrected chi connectivity index (χ1v) is 9.47. The van der Waals surface area contributed by atoms with E-state index in [4.69, 9.17) is 4.52 Å². The number of carbonyl (C=O) groups excluding carboxylic acids is 1. The molecular formula is C19H22BrN5O2. The van der Waals surface area contributed by atoms with Crippen LogP contribution < -0.4 is 5.32 Å². The highest BCUT2D eigenvalue weighted by Crippen LogP contribution is 2.21. The molecule has 0 unspecified atom stereocenters. The van der Waals surface area contributed by atoms with Crippen molar-refractivity contribution < 1.29 is 9.32 Å². The predicted octanol–water partition coefficient (Wildman–Crippen LogP) is 4.20. The van der Waals surface area contributed by atoms with Gasteiger partial charge in [-0.05, 0) is 25.1 Å². The van der Waals surface area contributed by atoms with Gasteiger partial charge in [-0.2, -0.15) is 10.1 Å². The lowest BCUT2D eigenvalue weighted by Crippen LogP contribution is -2.16. The predicted molar refractivity (Wildman–Crippen MR) is 106 cm³/mol. The third-order valence-corrected chi connectivity index (χ3v) is 4.35. The second-order valence-electron chi connectivity index (χ2n) is 7.37. The van der Waals surface area contributed by atoms with Gasteiger partial charge in [-0.25, -0.2) is 4.68 Å². The molecule has 0 saturated carbocycles. The molecule has 0 aliphatic rings. The van der Waals surface area contributed by atoms with Crippen molar-refractivity contribution in [2.24, 2.45) is 0 Å². The quantitative estimate of drug-likeness (QED) is 0.653. The van der Waals surface area contributed by atoms with Gasteiger partial charge in [-0.1, -0.05) is 47.9 Å². The molecule has 1 amide bonds. The molecule has 3 aromatic rings. The Hall–Kier alpha value is -2.48. The lowest BCUT2D eigenvalue weighted by Gasteiger charge is -2.10. The molecule has 7 nitrogen and oxygen atoms in total. The van der Waals surface area contributed by atoms with Crippen LogP contribution in [0.5, 0.6) is 0 Å². The minimum atomic E-state index is -0.183. The van der Waals surface area contributed by atoms with Crippen LogP contribution in [0.25, 0.3) is 5.69 Å². The third-order valence-electron chi connectivity index (χ3n) is 3.86. The zero-order valence-corrected chi connectivity index (χ0v) is 17.4. The van der Waals surface area contributed by atoms with E-state index >= 15 is 0 Å². The first-order chi connectivity index (χ1) is 12.7. The summed E-state index contributed by atoms with van der Waals surface area (Å²) in [4.78, 5) is 16.8. The fourth-order valence-corrected chi connectivity index (χ4v) is 2.87. The molecule has 2 aromatic heterocycles. The maximum atomic E-state index is 12.4. The molecular weight excluding hydrogens is 410 g/mol. The van der Waals surface area contributed by atoms with Crippen molar-refractivity contribution in [1.29, 1.82) is 0 Å². The van der Waals surface area contributed by atoms with Gasteiger partial charge in [0.2, 0.25) is 11.8 Å². The Bertz CT molecular complexity index is 955. The Morgan fingerprint density at radius 2 is 2.07 bits per heavy atom. The molecule has 0 aliphatic heterocycles. The first-order valence-electron chi connectivity index (χ1n) is 8.68. The number of amides is 1. The Balaban J connectivity index is 1.67. The number of halogens is 1. The van der Waals surface area contributed by atoms with Crippen molar-refractivity contribution >= 4 is 27.7 Å². The lowest BCUT2D eigenvalue weighted by atomic mass is 9.96. The molecule has 27 heavy (non-hydrogen) atoms. The number of carbonyl (C=O) groups is 1. The first kappa shape index (κ1) is 19.3. The van der Waals surface area contributed by atoms with E-state index in [0.717, 1.165) is 15.9 Å². The molecule has 2 heterocycles. The fraction of sp³-hybridized carbons (Fsp3) is 0.368. The van der Waals surface area contributed by atoms with Crippen LogP contribution in [0.1, 0.15) is 44.6 Å². The minimum absolute atomic E-state index is 0.137. The zero-order valence-electron chi connectivity index (χ0n) is 15.8. The molecule has 0 aliphatic carbocycles. The molecule has 0 bridgehead atoms. The summed E-state index contributed by atoms with van der Waals surface area (Å²) in [7, 11) is 0. The maximum Gasteiger partial charge on any atom is 0.227 e. The fourth-order valence-electron chi connectivity index (χ4n) is 2.48. The molecule has 1 N–H and O–H groups in total. The molecule has 1 aromatic carbocycles. The number of hydrogen-bond acceptors (Lipinski definition) is 5. The van der Waals surface area contributed by atoms with E-state index in [-0.39, 0.29) is 17.7 Å². The zero-order chi connectivity index (χ0) is 19.6. The lowest BCUT2D eigenvalue weighted by molar-refractivity contribution is -0.116. The Morgan fingerprint density at radius 3 is 2.74 bits per heavy atom. The summed E-state index contributed by atoms with van der Waals surface area (Å²) in [6, 6.07) is 9.57. The number of aromatic nitrogens is 4. The maximum absolute atomic E-state index is 12.4. The SMILES string of the molecule is Cc1cc(NC(=O)CCc2nc(C(C)(C)C)no2)n(-c2cccc(Br)c2)n1. The van der Waals surface area contributed by atoms with E-state index in [1.54, 1.807) is 4.68 Å².